The molecule has 0 unspecified atom stereocenters. The summed E-state index contributed by atoms with van der Waals surface area (Å²) >= 11 is 1.83. The number of aromatic nitrogens is 3. The summed E-state index contributed by atoms with van der Waals surface area (Å²) in [6.45, 7) is 6.74. The number of aryl methyl sites for hydroxylation is 1. The van der Waals surface area contributed by atoms with Gasteiger partial charge < -0.3 is 0 Å². The van der Waals surface area contributed by atoms with Crippen molar-refractivity contribution in [3.63, 3.8) is 0 Å². The van der Waals surface area contributed by atoms with E-state index in [0.29, 0.717) is 17.5 Å². The topological polar surface area (TPSA) is 38.7 Å². The molecular formula is C41H31N3S. The van der Waals surface area contributed by atoms with E-state index < -0.39 is 0 Å². The highest BCUT2D eigenvalue weighted by atomic mass is 32.2. The molecule has 45 heavy (non-hydrogen) atoms. The summed E-state index contributed by atoms with van der Waals surface area (Å²) in [5, 5.41) is 2.27. The number of hydrogen-bond donors (Lipinski definition) is 0. The zero-order valence-electron chi connectivity index (χ0n) is 25.5. The van der Waals surface area contributed by atoms with Gasteiger partial charge >= 0.3 is 0 Å². The van der Waals surface area contributed by atoms with Gasteiger partial charge in [-0.3, -0.25) is 0 Å². The standard InChI is InChI=1S/C41H31N3S/c1-26-17-19-27(20-18-26)31-23-29-13-7-8-14-32(29)33(24-31)40-43-38(28-11-5-4-6-12-28)42-39(44-40)30-21-22-35-37(25-30)45-36-16-10-9-15-34(36)41(35,2)3/h4-25H,1-3H3. The van der Waals surface area contributed by atoms with Crippen LogP contribution in [0.4, 0.5) is 0 Å². The Bertz CT molecular complexity index is 2220. The summed E-state index contributed by atoms with van der Waals surface area (Å²) in [5.41, 5.74) is 9.08. The van der Waals surface area contributed by atoms with Crippen LogP contribution in [0.5, 0.6) is 0 Å². The van der Waals surface area contributed by atoms with Crippen LogP contribution in [0, 0.1) is 6.92 Å². The first kappa shape index (κ1) is 27.5. The van der Waals surface area contributed by atoms with E-state index in [9.17, 15) is 0 Å². The summed E-state index contributed by atoms with van der Waals surface area (Å²) in [6.07, 6.45) is 0. The van der Waals surface area contributed by atoms with Crippen LogP contribution in [0.2, 0.25) is 0 Å². The second kappa shape index (κ2) is 10.8. The molecule has 4 heteroatoms. The molecule has 1 aliphatic rings. The Morgan fingerprint density at radius 3 is 1.96 bits per heavy atom. The van der Waals surface area contributed by atoms with Crippen LogP contribution < -0.4 is 0 Å². The van der Waals surface area contributed by atoms with Gasteiger partial charge in [-0.05, 0) is 64.2 Å². The van der Waals surface area contributed by atoms with Crippen molar-refractivity contribution < 1.29 is 0 Å². The van der Waals surface area contributed by atoms with Crippen molar-refractivity contribution in [2.75, 3.05) is 0 Å². The van der Waals surface area contributed by atoms with Crippen LogP contribution in [0.1, 0.15) is 30.5 Å². The maximum absolute atomic E-state index is 5.20. The molecule has 0 saturated heterocycles. The maximum atomic E-state index is 5.20. The van der Waals surface area contributed by atoms with Crippen molar-refractivity contribution >= 4 is 22.5 Å². The number of fused-ring (bicyclic) bond motifs is 3. The van der Waals surface area contributed by atoms with E-state index in [4.69, 9.17) is 15.0 Å². The molecule has 2 heterocycles. The Kier molecular flexibility index (Phi) is 6.62. The molecule has 3 nitrogen and oxygen atoms in total. The molecule has 0 fully saturated rings. The largest absolute Gasteiger partial charge is 0.208 e. The summed E-state index contributed by atoms with van der Waals surface area (Å²) in [6, 6.07) is 47.3. The van der Waals surface area contributed by atoms with Crippen LogP contribution >= 0.6 is 11.8 Å². The van der Waals surface area contributed by atoms with E-state index in [1.165, 1.54) is 32.0 Å². The van der Waals surface area contributed by atoms with Gasteiger partial charge in [-0.2, -0.15) is 0 Å². The van der Waals surface area contributed by atoms with E-state index in [1.54, 1.807) is 0 Å². The fourth-order valence-electron chi connectivity index (χ4n) is 6.35. The highest BCUT2D eigenvalue weighted by Gasteiger charge is 2.33. The van der Waals surface area contributed by atoms with E-state index >= 15 is 0 Å². The third kappa shape index (κ3) is 4.92. The van der Waals surface area contributed by atoms with E-state index in [1.807, 2.05) is 30.0 Å². The molecule has 6 aromatic carbocycles. The van der Waals surface area contributed by atoms with Crippen molar-refractivity contribution in [2.24, 2.45) is 0 Å². The second-order valence-electron chi connectivity index (χ2n) is 12.2. The SMILES string of the molecule is Cc1ccc(-c2cc(-c3nc(-c4ccccc4)nc(-c4ccc5c(c4)Sc4ccccc4C5(C)C)n3)c3ccccc3c2)cc1. The second-order valence-corrected chi connectivity index (χ2v) is 13.3. The number of benzene rings is 6. The minimum Gasteiger partial charge on any atom is -0.208 e. The van der Waals surface area contributed by atoms with Crippen LogP contribution in [0.25, 0.3) is 56.1 Å². The van der Waals surface area contributed by atoms with Crippen LogP contribution in [-0.2, 0) is 5.41 Å². The first-order valence-electron chi connectivity index (χ1n) is 15.3. The minimum absolute atomic E-state index is 0.0928. The maximum Gasteiger partial charge on any atom is 0.164 e. The van der Waals surface area contributed by atoms with Gasteiger partial charge in [0, 0.05) is 31.9 Å². The first-order valence-corrected chi connectivity index (χ1v) is 16.1. The molecule has 8 rings (SSSR count). The lowest BCUT2D eigenvalue weighted by atomic mass is 9.77. The molecule has 216 valence electrons. The average Bonchev–Trinajstić information content (AvgIpc) is 3.08. The number of nitrogens with zero attached hydrogens (tertiary/aromatic N) is 3. The quantitative estimate of drug-likeness (QED) is 0.202. The third-order valence-corrected chi connectivity index (χ3v) is 9.98. The molecule has 0 aliphatic carbocycles. The highest BCUT2D eigenvalue weighted by Crippen LogP contribution is 2.49. The van der Waals surface area contributed by atoms with Crippen molar-refractivity contribution in [2.45, 2.75) is 36.0 Å². The summed E-state index contributed by atoms with van der Waals surface area (Å²) in [7, 11) is 0. The van der Waals surface area contributed by atoms with Crippen LogP contribution in [0.15, 0.2) is 143 Å². The zero-order chi connectivity index (χ0) is 30.5. The fraction of sp³-hybridized carbons (Fsp3) is 0.0976. The van der Waals surface area contributed by atoms with E-state index in [0.717, 1.165) is 33.0 Å². The Hall–Kier alpha value is -5.06. The Morgan fingerprint density at radius 2 is 1.13 bits per heavy atom. The van der Waals surface area contributed by atoms with Gasteiger partial charge in [0.1, 0.15) is 0 Å². The molecule has 0 N–H and O–H groups in total. The average molecular weight is 598 g/mol. The Labute approximate surface area is 268 Å². The lowest BCUT2D eigenvalue weighted by Gasteiger charge is -2.34. The molecule has 1 aromatic heterocycles. The third-order valence-electron chi connectivity index (χ3n) is 8.85. The normalized spacial score (nSPS) is 13.3. The van der Waals surface area contributed by atoms with Crippen molar-refractivity contribution in [3.8, 4) is 45.3 Å². The smallest absolute Gasteiger partial charge is 0.164 e. The van der Waals surface area contributed by atoms with Gasteiger partial charge in [0.25, 0.3) is 0 Å². The van der Waals surface area contributed by atoms with E-state index in [-0.39, 0.29) is 5.41 Å². The molecule has 1 aliphatic heterocycles. The number of hydrogen-bond acceptors (Lipinski definition) is 4. The van der Waals surface area contributed by atoms with Gasteiger partial charge in [-0.25, -0.2) is 15.0 Å². The lowest BCUT2D eigenvalue weighted by Crippen LogP contribution is -2.23. The fourth-order valence-corrected chi connectivity index (χ4v) is 7.78. The van der Waals surface area contributed by atoms with Gasteiger partial charge in [0.05, 0.1) is 0 Å². The van der Waals surface area contributed by atoms with Crippen molar-refractivity contribution in [3.05, 3.63) is 150 Å². The molecule has 0 spiro atoms. The molecule has 0 bridgehead atoms. The lowest BCUT2D eigenvalue weighted by molar-refractivity contribution is 0.607. The Balaban J connectivity index is 1.33. The minimum atomic E-state index is -0.0928. The zero-order valence-corrected chi connectivity index (χ0v) is 26.3. The first-order chi connectivity index (χ1) is 21.9. The molecule has 0 saturated carbocycles. The van der Waals surface area contributed by atoms with E-state index in [2.05, 4.69) is 136 Å². The monoisotopic (exact) mass is 597 g/mol. The summed E-state index contributed by atoms with van der Waals surface area (Å²) < 4.78 is 0. The number of rotatable bonds is 4. The van der Waals surface area contributed by atoms with Gasteiger partial charge in [0.15, 0.2) is 17.5 Å². The van der Waals surface area contributed by atoms with Gasteiger partial charge in [-0.15, -0.1) is 0 Å². The van der Waals surface area contributed by atoms with Gasteiger partial charge in [-0.1, -0.05) is 140 Å². The van der Waals surface area contributed by atoms with Crippen molar-refractivity contribution in [1.29, 1.82) is 0 Å². The summed E-state index contributed by atoms with van der Waals surface area (Å²) in [5.74, 6) is 2.00. The predicted molar refractivity (Wildman–Crippen MR) is 187 cm³/mol. The molecule has 7 aromatic rings. The van der Waals surface area contributed by atoms with Crippen molar-refractivity contribution in [1.82, 2.24) is 15.0 Å². The molecule has 0 atom stereocenters. The van der Waals surface area contributed by atoms with Crippen LogP contribution in [-0.4, -0.2) is 15.0 Å². The Morgan fingerprint density at radius 1 is 0.489 bits per heavy atom. The molecule has 0 radical (unpaired) electrons. The van der Waals surface area contributed by atoms with Crippen LogP contribution in [0.3, 0.4) is 0 Å². The molecular weight excluding hydrogens is 567 g/mol. The highest BCUT2D eigenvalue weighted by molar-refractivity contribution is 7.99. The van der Waals surface area contributed by atoms with Gasteiger partial charge in [0.2, 0.25) is 0 Å². The molecule has 0 amide bonds. The summed E-state index contributed by atoms with van der Waals surface area (Å²) in [4.78, 5) is 17.9. The predicted octanol–water partition coefficient (Wildman–Crippen LogP) is 10.8.